The molecular weight excluding hydrogens is 426 g/mol. The van der Waals surface area contributed by atoms with Gasteiger partial charge in [0.1, 0.15) is 0 Å². The quantitative estimate of drug-likeness (QED) is 0.697. The highest BCUT2D eigenvalue weighted by Crippen LogP contribution is 2.25. The highest BCUT2D eigenvalue weighted by molar-refractivity contribution is 5.94. The Bertz CT molecular complexity index is 818. The Balaban J connectivity index is 1.04. The van der Waals surface area contributed by atoms with Crippen molar-refractivity contribution in [3.63, 3.8) is 0 Å². The Morgan fingerprint density at radius 3 is 2.06 bits per heavy atom. The molecule has 2 saturated heterocycles. The number of nitrogens with one attached hydrogen (secondary N) is 1. The second-order valence-electron chi connectivity index (χ2n) is 10.6. The van der Waals surface area contributed by atoms with E-state index in [4.69, 9.17) is 0 Å². The summed E-state index contributed by atoms with van der Waals surface area (Å²) in [5, 5.41) is 3.20. The fraction of sp³-hybridized carbons (Fsp3) is 0.704. The Hall–Kier alpha value is -2.12. The van der Waals surface area contributed by atoms with Gasteiger partial charge in [0, 0.05) is 75.7 Å². The molecule has 2 aliphatic heterocycles. The number of nitrogens with zero attached hydrogens (tertiary/aromatic N) is 4. The summed E-state index contributed by atoms with van der Waals surface area (Å²) in [6.45, 7) is 8.02. The number of carbonyl (C=O) groups is 2. The molecule has 1 N–H and O–H groups in total. The normalized spacial score (nSPS) is 23.5. The van der Waals surface area contributed by atoms with Gasteiger partial charge in [-0.1, -0.05) is 25.7 Å². The van der Waals surface area contributed by atoms with Crippen LogP contribution in [0.2, 0.25) is 0 Å². The fourth-order valence-electron chi connectivity index (χ4n) is 5.88. The van der Waals surface area contributed by atoms with Crippen LogP contribution in [0.25, 0.3) is 0 Å². The summed E-state index contributed by atoms with van der Waals surface area (Å²) >= 11 is 0. The predicted octanol–water partition coefficient (Wildman–Crippen LogP) is 2.57. The van der Waals surface area contributed by atoms with Crippen molar-refractivity contribution >= 4 is 17.5 Å². The largest absolute Gasteiger partial charge is 0.369 e. The van der Waals surface area contributed by atoms with Crippen molar-refractivity contribution in [1.29, 1.82) is 0 Å². The molecule has 2 amide bonds. The molecule has 5 rings (SSSR count). The summed E-state index contributed by atoms with van der Waals surface area (Å²) in [5.41, 5.74) is 1.91. The van der Waals surface area contributed by atoms with Crippen LogP contribution in [-0.4, -0.2) is 97.5 Å². The van der Waals surface area contributed by atoms with Gasteiger partial charge in [0.25, 0.3) is 5.91 Å². The summed E-state index contributed by atoms with van der Waals surface area (Å²) in [7, 11) is 0. The van der Waals surface area contributed by atoms with Crippen LogP contribution in [0.4, 0.5) is 5.69 Å². The molecule has 2 saturated carbocycles. The molecular formula is C27H41N5O2. The number of amides is 2. The van der Waals surface area contributed by atoms with Crippen molar-refractivity contribution in [2.45, 2.75) is 63.5 Å². The standard InChI is InChI=1S/C27H41N5O2/c33-26(32-19-17-31(18-20-32)24-7-4-8-24)21-29-13-15-30(16-14-29)25-11-9-22(10-12-25)27(34)28-23-5-2-1-3-6-23/h9-12,23-24H,1-8,13-21H2,(H,28,34). The average molecular weight is 468 g/mol. The second-order valence-corrected chi connectivity index (χ2v) is 10.6. The lowest BCUT2D eigenvalue weighted by atomic mass is 9.91. The van der Waals surface area contributed by atoms with Crippen molar-refractivity contribution in [3.05, 3.63) is 29.8 Å². The molecule has 4 aliphatic rings. The smallest absolute Gasteiger partial charge is 0.251 e. The van der Waals surface area contributed by atoms with Crippen LogP contribution < -0.4 is 10.2 Å². The van der Waals surface area contributed by atoms with Crippen LogP contribution in [0.15, 0.2) is 24.3 Å². The van der Waals surface area contributed by atoms with Gasteiger partial charge in [-0.2, -0.15) is 0 Å². The van der Waals surface area contributed by atoms with Crippen LogP contribution >= 0.6 is 0 Å². The Morgan fingerprint density at radius 2 is 1.44 bits per heavy atom. The van der Waals surface area contributed by atoms with E-state index in [1.807, 2.05) is 12.1 Å². The van der Waals surface area contributed by atoms with Gasteiger partial charge in [-0.25, -0.2) is 0 Å². The van der Waals surface area contributed by atoms with E-state index >= 15 is 0 Å². The molecule has 0 aromatic heterocycles. The van der Waals surface area contributed by atoms with Gasteiger partial charge in [-0.15, -0.1) is 0 Å². The highest BCUT2D eigenvalue weighted by Gasteiger charge is 2.30. The first-order valence-corrected chi connectivity index (χ1v) is 13.6. The van der Waals surface area contributed by atoms with Crippen molar-refractivity contribution in [1.82, 2.24) is 20.0 Å². The zero-order valence-electron chi connectivity index (χ0n) is 20.6. The zero-order chi connectivity index (χ0) is 23.3. The number of rotatable bonds is 6. The van der Waals surface area contributed by atoms with E-state index in [1.165, 1.54) is 38.5 Å². The SMILES string of the molecule is O=C(NC1CCCCC1)c1ccc(N2CCN(CC(=O)N3CCN(C4CCC4)CC3)CC2)cc1. The van der Waals surface area contributed by atoms with E-state index in [0.29, 0.717) is 12.6 Å². The van der Waals surface area contributed by atoms with Gasteiger partial charge >= 0.3 is 0 Å². The van der Waals surface area contributed by atoms with E-state index in [-0.39, 0.29) is 11.8 Å². The molecule has 7 nitrogen and oxygen atoms in total. The molecule has 0 unspecified atom stereocenters. The van der Waals surface area contributed by atoms with E-state index < -0.39 is 0 Å². The summed E-state index contributed by atoms with van der Waals surface area (Å²) in [4.78, 5) is 34.7. The van der Waals surface area contributed by atoms with Crippen LogP contribution in [0.5, 0.6) is 0 Å². The molecule has 34 heavy (non-hydrogen) atoms. The minimum absolute atomic E-state index is 0.0512. The van der Waals surface area contributed by atoms with Gasteiger partial charge in [-0.05, 0) is 49.9 Å². The van der Waals surface area contributed by atoms with Gasteiger partial charge in [0.05, 0.1) is 6.54 Å². The maximum absolute atomic E-state index is 12.8. The minimum atomic E-state index is 0.0512. The number of piperazine rings is 2. The molecule has 7 heteroatoms. The first-order valence-electron chi connectivity index (χ1n) is 13.6. The van der Waals surface area contributed by atoms with Gasteiger partial charge in [-0.3, -0.25) is 19.4 Å². The molecule has 1 aromatic rings. The van der Waals surface area contributed by atoms with Crippen LogP contribution in [0.3, 0.4) is 0 Å². The number of benzene rings is 1. The third kappa shape index (κ3) is 5.74. The first-order chi connectivity index (χ1) is 16.7. The Kier molecular flexibility index (Phi) is 7.70. The number of carbonyl (C=O) groups excluding carboxylic acids is 2. The number of hydrogen-bond acceptors (Lipinski definition) is 5. The predicted molar refractivity (Wildman–Crippen MR) is 135 cm³/mol. The molecule has 2 heterocycles. The summed E-state index contributed by atoms with van der Waals surface area (Å²) in [5.74, 6) is 0.338. The summed E-state index contributed by atoms with van der Waals surface area (Å²) < 4.78 is 0. The maximum Gasteiger partial charge on any atom is 0.251 e. The van der Waals surface area contributed by atoms with E-state index in [0.717, 1.165) is 82.5 Å². The summed E-state index contributed by atoms with van der Waals surface area (Å²) in [6, 6.07) is 9.16. The van der Waals surface area contributed by atoms with E-state index in [2.05, 4.69) is 37.0 Å². The summed E-state index contributed by atoms with van der Waals surface area (Å²) in [6.07, 6.45) is 10.00. The Labute approximate surface area is 204 Å². The molecule has 0 bridgehead atoms. The van der Waals surface area contributed by atoms with Crippen molar-refractivity contribution in [3.8, 4) is 0 Å². The molecule has 0 spiro atoms. The van der Waals surface area contributed by atoms with Crippen molar-refractivity contribution in [2.75, 3.05) is 63.8 Å². The van der Waals surface area contributed by atoms with Gasteiger partial charge < -0.3 is 15.1 Å². The van der Waals surface area contributed by atoms with Crippen molar-refractivity contribution in [2.24, 2.45) is 0 Å². The van der Waals surface area contributed by atoms with Crippen LogP contribution in [-0.2, 0) is 4.79 Å². The lowest BCUT2D eigenvalue weighted by Crippen LogP contribution is -2.56. The third-order valence-corrected chi connectivity index (χ3v) is 8.42. The molecule has 0 radical (unpaired) electrons. The maximum atomic E-state index is 12.8. The molecule has 1 aromatic carbocycles. The third-order valence-electron chi connectivity index (χ3n) is 8.42. The second kappa shape index (κ2) is 11.1. The van der Waals surface area contributed by atoms with Gasteiger partial charge in [0.2, 0.25) is 5.91 Å². The lowest BCUT2D eigenvalue weighted by molar-refractivity contribution is -0.134. The first kappa shape index (κ1) is 23.6. The molecule has 2 aliphatic carbocycles. The fourth-order valence-corrected chi connectivity index (χ4v) is 5.88. The van der Waals surface area contributed by atoms with Crippen LogP contribution in [0.1, 0.15) is 61.7 Å². The number of anilines is 1. The van der Waals surface area contributed by atoms with E-state index in [9.17, 15) is 9.59 Å². The monoisotopic (exact) mass is 467 g/mol. The van der Waals surface area contributed by atoms with Crippen LogP contribution in [0, 0.1) is 0 Å². The number of hydrogen-bond donors (Lipinski definition) is 1. The van der Waals surface area contributed by atoms with Gasteiger partial charge in [0.15, 0.2) is 0 Å². The Morgan fingerprint density at radius 1 is 0.765 bits per heavy atom. The molecule has 0 atom stereocenters. The van der Waals surface area contributed by atoms with Crippen molar-refractivity contribution < 1.29 is 9.59 Å². The minimum Gasteiger partial charge on any atom is -0.369 e. The molecule has 186 valence electrons. The average Bonchev–Trinajstić information content (AvgIpc) is 2.85. The topological polar surface area (TPSA) is 59.1 Å². The van der Waals surface area contributed by atoms with E-state index in [1.54, 1.807) is 0 Å². The zero-order valence-corrected chi connectivity index (χ0v) is 20.6. The highest BCUT2D eigenvalue weighted by atomic mass is 16.2. The lowest BCUT2D eigenvalue weighted by Gasteiger charge is -2.43. The molecule has 4 fully saturated rings.